The number of ether oxygens (including phenoxy) is 2. The Morgan fingerprint density at radius 1 is 0.545 bits per heavy atom. The van der Waals surface area contributed by atoms with Gasteiger partial charge < -0.3 is 19.1 Å². The predicted octanol–water partition coefficient (Wildman–Crippen LogP) is 14.8. The zero-order valence-corrected chi connectivity index (χ0v) is 39.1. The van der Waals surface area contributed by atoms with Gasteiger partial charge in [-0.3, -0.25) is 9.69 Å². The van der Waals surface area contributed by atoms with E-state index in [9.17, 15) is 14.4 Å². The van der Waals surface area contributed by atoms with Gasteiger partial charge in [-0.2, -0.15) is 0 Å². The van der Waals surface area contributed by atoms with Crippen LogP contribution in [0.4, 0.5) is 0 Å². The second kappa shape index (κ2) is 47.1. The quantitative estimate of drug-likeness (QED) is 0.0478. The molecule has 0 saturated carbocycles. The molecule has 0 bridgehead atoms. The lowest BCUT2D eigenvalue weighted by atomic mass is 9.96. The Balaban J connectivity index is -0.000000914. The van der Waals surface area contributed by atoms with Crippen molar-refractivity contribution in [2.75, 3.05) is 26.3 Å². The third kappa shape index (κ3) is 43.7. The van der Waals surface area contributed by atoms with Crippen LogP contribution >= 0.6 is 0 Å². The molecule has 1 unspecified atom stereocenters. The van der Waals surface area contributed by atoms with Crippen LogP contribution < -0.4 is 0 Å². The molecule has 330 valence electrons. The summed E-state index contributed by atoms with van der Waals surface area (Å²) in [4.78, 5) is 36.9. The lowest BCUT2D eigenvalue weighted by molar-refractivity contribution is -0.149. The Kier molecular flexibility index (Phi) is 49.7. The zero-order valence-electron chi connectivity index (χ0n) is 39.1. The summed E-state index contributed by atoms with van der Waals surface area (Å²) >= 11 is 0. The molecule has 0 spiro atoms. The minimum Gasteiger partial charge on any atom is -0.465 e. The molecule has 1 aliphatic heterocycles. The molecule has 1 rings (SSSR count). The fourth-order valence-electron chi connectivity index (χ4n) is 6.94. The number of ketones is 2. The molecule has 0 amide bonds. The van der Waals surface area contributed by atoms with Crippen LogP contribution in [0.1, 0.15) is 255 Å². The molecule has 2 atom stereocenters. The molecular weight excluding hydrogens is 683 g/mol. The van der Waals surface area contributed by atoms with E-state index in [4.69, 9.17) is 9.47 Å². The summed E-state index contributed by atoms with van der Waals surface area (Å²) in [5.74, 6) is 1.34. The summed E-state index contributed by atoms with van der Waals surface area (Å²) in [6.07, 6.45) is 35.4. The van der Waals surface area contributed by atoms with Crippen LogP contribution in [0.15, 0.2) is 0 Å². The number of Topliss-reactive ketones (excluding diaryl/α,β-unsaturated/α-hetero) is 2. The number of unbranched alkanes of at least 4 members (excludes halogenated alkanes) is 18. The van der Waals surface area contributed by atoms with Crippen molar-refractivity contribution < 1.29 is 23.9 Å². The van der Waals surface area contributed by atoms with E-state index in [-0.39, 0.29) is 29.7 Å². The number of hydrogen-bond acceptors (Lipinski definition) is 6. The lowest BCUT2D eigenvalue weighted by Gasteiger charge is -2.22. The van der Waals surface area contributed by atoms with E-state index < -0.39 is 0 Å². The van der Waals surface area contributed by atoms with E-state index in [1.54, 1.807) is 13.8 Å². The monoisotopic (exact) mass is 782 g/mol. The SMILES string of the molecule is CC.CCCCC.CCCCCCCCC(C)CCCCCCCC.CCCOC1C[C@@H](C(=O)OCCCCCCCC(C)=O)N(CCCCCC(C)=O)C1. The molecule has 0 N–H and O–H groups in total. The molecule has 1 heterocycles. The van der Waals surface area contributed by atoms with Crippen molar-refractivity contribution in [2.45, 2.75) is 268 Å². The Hall–Kier alpha value is -1.27. The number of esters is 1. The van der Waals surface area contributed by atoms with Gasteiger partial charge >= 0.3 is 5.97 Å². The van der Waals surface area contributed by atoms with Gasteiger partial charge in [0.15, 0.2) is 0 Å². The van der Waals surface area contributed by atoms with Crippen LogP contribution in [0.25, 0.3) is 0 Å². The molecule has 6 nitrogen and oxygen atoms in total. The number of nitrogens with zero attached hydrogens (tertiary/aromatic N) is 1. The fraction of sp³-hybridized carbons (Fsp3) is 0.939. The van der Waals surface area contributed by atoms with Crippen molar-refractivity contribution in [3.63, 3.8) is 0 Å². The molecule has 0 aliphatic carbocycles. The Bertz CT molecular complexity index is 784. The lowest BCUT2D eigenvalue weighted by Crippen LogP contribution is -2.38. The van der Waals surface area contributed by atoms with Gasteiger partial charge in [-0.05, 0) is 58.4 Å². The molecule has 0 aromatic carbocycles. The van der Waals surface area contributed by atoms with Crippen LogP contribution in [0.5, 0.6) is 0 Å². The molecule has 1 saturated heterocycles. The zero-order chi connectivity index (χ0) is 41.8. The van der Waals surface area contributed by atoms with Crippen molar-refractivity contribution in [3.8, 4) is 0 Å². The summed E-state index contributed by atoms with van der Waals surface area (Å²) in [6.45, 7) is 23.6. The van der Waals surface area contributed by atoms with Gasteiger partial charge in [-0.1, -0.05) is 190 Å². The minimum atomic E-state index is -0.213. The van der Waals surface area contributed by atoms with E-state index in [2.05, 4.69) is 46.4 Å². The van der Waals surface area contributed by atoms with E-state index in [0.29, 0.717) is 25.9 Å². The second-order valence-electron chi connectivity index (χ2n) is 16.2. The van der Waals surface area contributed by atoms with Crippen LogP contribution in [0, 0.1) is 5.92 Å². The van der Waals surface area contributed by atoms with Gasteiger partial charge in [0.25, 0.3) is 0 Å². The van der Waals surface area contributed by atoms with Crippen molar-refractivity contribution in [2.24, 2.45) is 5.92 Å². The van der Waals surface area contributed by atoms with Crippen LogP contribution in [-0.4, -0.2) is 60.9 Å². The van der Waals surface area contributed by atoms with E-state index in [0.717, 1.165) is 83.4 Å². The van der Waals surface area contributed by atoms with Gasteiger partial charge in [-0.25, -0.2) is 0 Å². The van der Waals surface area contributed by atoms with E-state index >= 15 is 0 Å². The van der Waals surface area contributed by atoms with Crippen LogP contribution in [0.2, 0.25) is 0 Å². The van der Waals surface area contributed by atoms with Crippen molar-refractivity contribution in [3.05, 3.63) is 0 Å². The summed E-state index contributed by atoms with van der Waals surface area (Å²) in [6, 6.07) is -0.213. The van der Waals surface area contributed by atoms with Crippen LogP contribution in [0.3, 0.4) is 0 Å². The summed E-state index contributed by atoms with van der Waals surface area (Å²) in [7, 11) is 0. The largest absolute Gasteiger partial charge is 0.465 e. The highest BCUT2D eigenvalue weighted by molar-refractivity contribution is 5.76. The molecule has 6 heteroatoms. The van der Waals surface area contributed by atoms with Crippen molar-refractivity contribution in [1.29, 1.82) is 0 Å². The number of hydrogen-bond donors (Lipinski definition) is 0. The molecule has 1 fully saturated rings. The highest BCUT2D eigenvalue weighted by Gasteiger charge is 2.37. The fourth-order valence-corrected chi connectivity index (χ4v) is 6.94. The molecule has 0 radical (unpaired) electrons. The number of rotatable bonds is 34. The maximum atomic E-state index is 12.7. The number of carbonyl (C=O) groups excluding carboxylic acids is 3. The average molecular weight is 782 g/mol. The predicted molar refractivity (Wildman–Crippen MR) is 240 cm³/mol. The normalized spacial score (nSPS) is 15.0. The standard InChI is InChI=1S/C24H43NO5.C18H38.C5H12.C2H6/c1-4-16-29-22-18-23(25(19-22)15-11-8-10-14-21(3)27)24(28)30-17-12-7-5-6-9-13-20(2)26;1-4-6-8-10-12-14-16-18(3)17-15-13-11-9-7-5-2;1-3-5-4-2;1-2/h22-23H,4-19H2,1-3H3;18H,4-17H2,1-3H3;3-5H2,1-2H3;1-2H3/t22?,23-;;;/m0.../s1. The van der Waals surface area contributed by atoms with E-state index in [1.165, 1.54) is 109 Å². The summed E-state index contributed by atoms with van der Waals surface area (Å²) in [5.41, 5.74) is 0. The molecule has 55 heavy (non-hydrogen) atoms. The average Bonchev–Trinajstić information content (AvgIpc) is 3.58. The Morgan fingerprint density at radius 3 is 1.44 bits per heavy atom. The molecular formula is C49H99NO5. The van der Waals surface area contributed by atoms with Gasteiger partial charge in [-0.15, -0.1) is 0 Å². The highest BCUT2D eigenvalue weighted by Crippen LogP contribution is 2.23. The highest BCUT2D eigenvalue weighted by atomic mass is 16.5. The second-order valence-corrected chi connectivity index (χ2v) is 16.2. The Labute approximate surface area is 345 Å². The van der Waals surface area contributed by atoms with Gasteiger partial charge in [0, 0.05) is 32.4 Å². The Morgan fingerprint density at radius 2 is 0.982 bits per heavy atom. The van der Waals surface area contributed by atoms with Crippen molar-refractivity contribution >= 4 is 17.5 Å². The molecule has 0 aromatic heterocycles. The van der Waals surface area contributed by atoms with Gasteiger partial charge in [0.05, 0.1) is 12.7 Å². The van der Waals surface area contributed by atoms with Crippen LogP contribution in [-0.2, 0) is 23.9 Å². The first-order chi connectivity index (χ1) is 26.7. The third-order valence-corrected chi connectivity index (χ3v) is 10.4. The summed E-state index contributed by atoms with van der Waals surface area (Å²) < 4.78 is 11.5. The first-order valence-corrected chi connectivity index (χ1v) is 24.2. The summed E-state index contributed by atoms with van der Waals surface area (Å²) in [5, 5.41) is 0. The van der Waals surface area contributed by atoms with Gasteiger partial charge in [0.2, 0.25) is 0 Å². The molecule has 0 aromatic rings. The molecule has 1 aliphatic rings. The minimum absolute atomic E-state index is 0.0981. The van der Waals surface area contributed by atoms with Gasteiger partial charge in [0.1, 0.15) is 17.6 Å². The van der Waals surface area contributed by atoms with E-state index in [1.807, 2.05) is 13.8 Å². The topological polar surface area (TPSA) is 72.9 Å². The number of carbonyl (C=O) groups is 3. The maximum absolute atomic E-state index is 12.7. The first-order valence-electron chi connectivity index (χ1n) is 24.2. The smallest absolute Gasteiger partial charge is 0.323 e. The maximum Gasteiger partial charge on any atom is 0.323 e. The first kappa shape index (κ1) is 58.1. The van der Waals surface area contributed by atoms with Crippen molar-refractivity contribution in [1.82, 2.24) is 4.90 Å². The number of likely N-dealkylation sites (tertiary alicyclic amines) is 1. The third-order valence-electron chi connectivity index (χ3n) is 10.4.